The molecule has 1 aromatic carbocycles. The van der Waals surface area contributed by atoms with Crippen molar-refractivity contribution in [2.75, 3.05) is 31.4 Å². The van der Waals surface area contributed by atoms with Crippen LogP contribution in [-0.2, 0) is 15.7 Å². The fourth-order valence-corrected chi connectivity index (χ4v) is 4.06. The molecular weight excluding hydrogens is 435 g/mol. The lowest BCUT2D eigenvalue weighted by Gasteiger charge is -2.21. The van der Waals surface area contributed by atoms with Crippen LogP contribution in [0.25, 0.3) is 0 Å². The standard InChI is InChI=1S/C19H24F3N5O3S/c1-29-9-10-30-16-8-7-13(19(20,21)22)11-15(16)23-17(28)12-31-18-24-25-26-27(18)14-5-3-2-4-6-14/h7-8,11,14H,2-6,9-10,12H2,1H3,(H,23,28). The molecule has 1 aliphatic rings. The molecule has 1 fully saturated rings. The number of aromatic nitrogens is 4. The molecule has 0 bridgehead atoms. The van der Waals surface area contributed by atoms with Crippen LogP contribution in [0.15, 0.2) is 23.4 Å². The number of carbonyl (C=O) groups excluding carboxylic acids is 1. The van der Waals surface area contributed by atoms with Gasteiger partial charge in [0.15, 0.2) is 0 Å². The number of hydrogen-bond donors (Lipinski definition) is 1. The Hall–Kier alpha value is -2.34. The molecule has 0 spiro atoms. The molecule has 0 saturated heterocycles. The van der Waals surface area contributed by atoms with E-state index in [0.29, 0.717) is 5.16 Å². The van der Waals surface area contributed by atoms with Gasteiger partial charge in [0.1, 0.15) is 12.4 Å². The minimum Gasteiger partial charge on any atom is -0.489 e. The maximum absolute atomic E-state index is 13.1. The van der Waals surface area contributed by atoms with Crippen LogP contribution in [0.2, 0.25) is 0 Å². The van der Waals surface area contributed by atoms with Crippen LogP contribution < -0.4 is 10.1 Å². The van der Waals surface area contributed by atoms with Crippen LogP contribution in [-0.4, -0.2) is 52.2 Å². The van der Waals surface area contributed by atoms with Gasteiger partial charge in [-0.05, 0) is 41.5 Å². The predicted molar refractivity (Wildman–Crippen MR) is 108 cm³/mol. The number of anilines is 1. The Kier molecular flexibility index (Phi) is 8.13. The average molecular weight is 459 g/mol. The number of tetrazole rings is 1. The molecule has 1 aromatic heterocycles. The first-order chi connectivity index (χ1) is 14.9. The summed E-state index contributed by atoms with van der Waals surface area (Å²) >= 11 is 1.14. The van der Waals surface area contributed by atoms with Crippen molar-refractivity contribution in [1.29, 1.82) is 0 Å². The van der Waals surface area contributed by atoms with Crippen LogP contribution in [0.4, 0.5) is 18.9 Å². The number of carbonyl (C=O) groups is 1. The van der Waals surface area contributed by atoms with E-state index in [-0.39, 0.29) is 36.4 Å². The lowest BCUT2D eigenvalue weighted by molar-refractivity contribution is -0.137. The summed E-state index contributed by atoms with van der Waals surface area (Å²) in [4.78, 5) is 12.5. The Bertz CT molecular complexity index is 872. The van der Waals surface area contributed by atoms with E-state index in [1.165, 1.54) is 19.6 Å². The van der Waals surface area contributed by atoms with E-state index >= 15 is 0 Å². The third-order valence-corrected chi connectivity index (χ3v) is 5.77. The lowest BCUT2D eigenvalue weighted by Crippen LogP contribution is -2.18. The molecule has 2 aromatic rings. The molecule has 1 N–H and O–H groups in total. The molecule has 1 heterocycles. The highest BCUT2D eigenvalue weighted by atomic mass is 32.2. The number of ether oxygens (including phenoxy) is 2. The van der Waals surface area contributed by atoms with Gasteiger partial charge in [-0.1, -0.05) is 31.0 Å². The fourth-order valence-electron chi connectivity index (χ4n) is 3.32. The van der Waals surface area contributed by atoms with Crippen molar-refractivity contribution in [3.8, 4) is 5.75 Å². The van der Waals surface area contributed by atoms with Gasteiger partial charge in [-0.2, -0.15) is 13.2 Å². The number of alkyl halides is 3. The van der Waals surface area contributed by atoms with E-state index in [9.17, 15) is 18.0 Å². The first-order valence-electron chi connectivity index (χ1n) is 9.92. The molecule has 1 aliphatic carbocycles. The van der Waals surface area contributed by atoms with Crippen molar-refractivity contribution >= 4 is 23.4 Å². The van der Waals surface area contributed by atoms with E-state index in [4.69, 9.17) is 9.47 Å². The molecule has 1 saturated carbocycles. The Morgan fingerprint density at radius 2 is 2.03 bits per heavy atom. The van der Waals surface area contributed by atoms with Crippen LogP contribution in [0.3, 0.4) is 0 Å². The molecule has 12 heteroatoms. The first-order valence-corrected chi connectivity index (χ1v) is 10.9. The second-order valence-corrected chi connectivity index (χ2v) is 8.03. The number of methoxy groups -OCH3 is 1. The largest absolute Gasteiger partial charge is 0.489 e. The maximum atomic E-state index is 13.1. The predicted octanol–water partition coefficient (Wildman–Crippen LogP) is 3.95. The number of hydrogen-bond acceptors (Lipinski definition) is 7. The van der Waals surface area contributed by atoms with Crippen LogP contribution in [0, 0.1) is 0 Å². The molecule has 0 unspecified atom stereocenters. The third kappa shape index (κ3) is 6.57. The highest BCUT2D eigenvalue weighted by molar-refractivity contribution is 7.99. The summed E-state index contributed by atoms with van der Waals surface area (Å²) in [5.41, 5.74) is -0.931. The van der Waals surface area contributed by atoms with Crippen LogP contribution >= 0.6 is 11.8 Å². The topological polar surface area (TPSA) is 91.2 Å². The van der Waals surface area contributed by atoms with Crippen molar-refractivity contribution in [3.05, 3.63) is 23.8 Å². The number of nitrogens with zero attached hydrogens (tertiary/aromatic N) is 4. The first kappa shape index (κ1) is 23.3. The Balaban J connectivity index is 1.66. The summed E-state index contributed by atoms with van der Waals surface area (Å²) in [5, 5.41) is 14.8. The Morgan fingerprint density at radius 3 is 2.74 bits per heavy atom. The van der Waals surface area contributed by atoms with E-state index < -0.39 is 17.6 Å². The molecule has 170 valence electrons. The van der Waals surface area contributed by atoms with Gasteiger partial charge in [-0.15, -0.1) is 5.10 Å². The highest BCUT2D eigenvalue weighted by Gasteiger charge is 2.31. The molecule has 0 radical (unpaired) electrons. The second kappa shape index (κ2) is 10.8. The SMILES string of the molecule is COCCOc1ccc(C(F)(F)F)cc1NC(=O)CSc1nnnn1C1CCCCC1. The van der Waals surface area contributed by atoms with Crippen molar-refractivity contribution in [1.82, 2.24) is 20.2 Å². The van der Waals surface area contributed by atoms with Crippen molar-refractivity contribution < 1.29 is 27.4 Å². The van der Waals surface area contributed by atoms with Gasteiger partial charge in [0.25, 0.3) is 0 Å². The van der Waals surface area contributed by atoms with Gasteiger partial charge in [-0.25, -0.2) is 4.68 Å². The monoisotopic (exact) mass is 459 g/mol. The number of nitrogens with one attached hydrogen (secondary N) is 1. The number of thioether (sulfide) groups is 1. The highest BCUT2D eigenvalue weighted by Crippen LogP contribution is 2.35. The summed E-state index contributed by atoms with van der Waals surface area (Å²) in [7, 11) is 1.48. The minimum absolute atomic E-state index is 0.0524. The number of benzene rings is 1. The molecule has 8 nitrogen and oxygen atoms in total. The summed E-state index contributed by atoms with van der Waals surface area (Å²) < 4.78 is 51.4. The molecule has 0 aliphatic heterocycles. The minimum atomic E-state index is -4.54. The van der Waals surface area contributed by atoms with Crippen molar-refractivity contribution in [2.45, 2.75) is 49.5 Å². The zero-order valence-electron chi connectivity index (χ0n) is 17.0. The van der Waals surface area contributed by atoms with Gasteiger partial charge < -0.3 is 14.8 Å². The molecule has 3 rings (SSSR count). The molecule has 31 heavy (non-hydrogen) atoms. The Morgan fingerprint density at radius 1 is 1.26 bits per heavy atom. The van der Waals surface area contributed by atoms with E-state index in [1.54, 1.807) is 4.68 Å². The molecule has 0 atom stereocenters. The molecular formula is C19H24F3N5O3S. The van der Waals surface area contributed by atoms with Gasteiger partial charge in [0, 0.05) is 7.11 Å². The van der Waals surface area contributed by atoms with Crippen LogP contribution in [0.1, 0.15) is 43.7 Å². The number of amides is 1. The summed E-state index contributed by atoms with van der Waals surface area (Å²) in [6.45, 7) is 0.393. The summed E-state index contributed by atoms with van der Waals surface area (Å²) in [5.74, 6) is -0.407. The number of rotatable bonds is 9. The quantitative estimate of drug-likeness (QED) is 0.448. The normalized spacial score (nSPS) is 15.1. The second-order valence-electron chi connectivity index (χ2n) is 7.08. The smallest absolute Gasteiger partial charge is 0.416 e. The zero-order valence-corrected chi connectivity index (χ0v) is 17.8. The van der Waals surface area contributed by atoms with Gasteiger partial charge in [0.05, 0.1) is 29.7 Å². The van der Waals surface area contributed by atoms with Gasteiger partial charge in [-0.3, -0.25) is 4.79 Å². The maximum Gasteiger partial charge on any atom is 0.416 e. The van der Waals surface area contributed by atoms with Gasteiger partial charge in [0.2, 0.25) is 11.1 Å². The number of halogens is 3. The summed E-state index contributed by atoms with van der Waals surface area (Å²) in [6.07, 6.45) is 0.831. The van der Waals surface area contributed by atoms with Crippen molar-refractivity contribution in [2.24, 2.45) is 0 Å². The van der Waals surface area contributed by atoms with E-state index in [1.807, 2.05) is 0 Å². The van der Waals surface area contributed by atoms with Crippen molar-refractivity contribution in [3.63, 3.8) is 0 Å². The zero-order chi connectivity index (χ0) is 22.3. The van der Waals surface area contributed by atoms with E-state index in [0.717, 1.165) is 49.6 Å². The van der Waals surface area contributed by atoms with E-state index in [2.05, 4.69) is 20.8 Å². The fraction of sp³-hybridized carbons (Fsp3) is 0.579. The molecule has 1 amide bonds. The Labute approximate surface area is 181 Å². The lowest BCUT2D eigenvalue weighted by atomic mass is 9.96. The third-order valence-electron chi connectivity index (χ3n) is 4.84. The van der Waals surface area contributed by atoms with Gasteiger partial charge >= 0.3 is 6.18 Å². The summed E-state index contributed by atoms with van der Waals surface area (Å²) in [6, 6.07) is 3.16. The van der Waals surface area contributed by atoms with Crippen LogP contribution in [0.5, 0.6) is 5.75 Å². The average Bonchev–Trinajstić information content (AvgIpc) is 3.22.